The van der Waals surface area contributed by atoms with E-state index in [1.807, 2.05) is 0 Å². The molecule has 7 atom stereocenters. The first-order valence-corrected chi connectivity index (χ1v) is 29.4. The molecule has 450 valence electrons. The number of piperidine rings is 1. The number of H-pyrrole nitrogens is 1. The van der Waals surface area contributed by atoms with Crippen LogP contribution in [-0.2, 0) is 39.6 Å². The van der Waals surface area contributed by atoms with Crippen molar-refractivity contribution < 1.29 is 74.2 Å². The molecule has 21 nitrogen and oxygen atoms in total. The van der Waals surface area contributed by atoms with Crippen molar-refractivity contribution in [2.45, 2.75) is 127 Å². The number of benzene rings is 4. The molecular formula is C57H66F5N10O11P. The average molecular weight is 1190 g/mol. The zero-order valence-electron chi connectivity index (χ0n) is 46.8. The monoisotopic (exact) mass is 1190 g/mol. The van der Waals surface area contributed by atoms with Crippen LogP contribution in [0.5, 0.6) is 0 Å². The molecule has 4 aliphatic rings. The Hall–Kier alpha value is -7.38. The average Bonchev–Trinajstić information content (AvgIpc) is 2.14. The molecule has 4 fully saturated rings. The van der Waals surface area contributed by atoms with E-state index in [-0.39, 0.29) is 102 Å². The third-order valence-corrected chi connectivity index (χ3v) is 17.3. The SMILES string of the molecule is CC[C@H](NC(=O)OC)C(=O)N1CCC[C@H]1c1nc2cc([C@H]3CC[C@H](c4cc5nc([C@@H]6CCCN6C(=O)[C@@H](NC(=O)OC)[C@@H](C)OC)n(COP(=O)(O)O)c5cc4F)N3c3cc(F)c(N4CCC(c5ccc(F)cc5)CC4)c(F)c3)c(F)cc2[nH]1. The van der Waals surface area contributed by atoms with Gasteiger partial charge < -0.3 is 63.8 Å². The second-order valence-electron chi connectivity index (χ2n) is 21.6. The predicted molar refractivity (Wildman–Crippen MR) is 296 cm³/mol. The lowest BCUT2D eigenvalue weighted by molar-refractivity contribution is -0.137. The summed E-state index contributed by atoms with van der Waals surface area (Å²) in [5, 5.41) is 5.08. The molecule has 6 aromatic rings. The Morgan fingerprint density at radius 3 is 1.92 bits per heavy atom. The van der Waals surface area contributed by atoms with Crippen molar-refractivity contribution in [3.05, 3.63) is 118 Å². The molecule has 2 aromatic heterocycles. The van der Waals surface area contributed by atoms with Gasteiger partial charge in [0.2, 0.25) is 11.8 Å². The number of alkyl carbamates (subject to hydrolysis) is 2. The number of nitrogens with one attached hydrogen (secondary N) is 3. The van der Waals surface area contributed by atoms with Gasteiger partial charge in [0, 0.05) is 56.2 Å². The topological polar surface area (TPSA) is 246 Å². The number of nitrogens with zero attached hydrogens (tertiary/aromatic N) is 7. The van der Waals surface area contributed by atoms with Crippen molar-refractivity contribution in [1.29, 1.82) is 0 Å². The number of hydrogen-bond acceptors (Lipinski definition) is 13. The van der Waals surface area contributed by atoms with Crippen molar-refractivity contribution in [3.63, 3.8) is 0 Å². The molecule has 5 N–H and O–H groups in total. The van der Waals surface area contributed by atoms with Gasteiger partial charge in [-0.3, -0.25) is 14.1 Å². The van der Waals surface area contributed by atoms with Gasteiger partial charge in [-0.05, 0) is 119 Å². The highest BCUT2D eigenvalue weighted by Gasteiger charge is 2.43. The first-order chi connectivity index (χ1) is 40.2. The maximum atomic E-state index is 17.4. The van der Waals surface area contributed by atoms with Crippen LogP contribution in [0.1, 0.15) is 130 Å². The quantitative estimate of drug-likeness (QED) is 0.0422. The van der Waals surface area contributed by atoms with E-state index in [0.717, 1.165) is 30.9 Å². The number of halogens is 5. The van der Waals surface area contributed by atoms with Gasteiger partial charge in [0.25, 0.3) is 0 Å². The molecule has 10 rings (SSSR count). The van der Waals surface area contributed by atoms with E-state index < -0.39 is 98.3 Å². The standard InChI is InChI=1S/C57H66F5N10O11P/c1-6-41(66-56(75)81-4)54(73)69-19-7-9-47(69)52-63-42-25-35(37(59)27-43(42)64-52)45-15-16-46(72(45)34-23-39(61)51(40(62)24-34)68-21-17-32(18-22-68)31-11-13-33(58)14-12-31)36-26-44-49(28-38(36)60)71(29-83-84(77,78)79)53(65-44)48-10-8-20-70(48)55(74)50(30(2)80-3)67-57(76)82-5/h11-14,23-28,30,32,41,45-48,50H,6-10,15-22,29H2,1-5H3,(H,63,64)(H,66,75)(H,67,76)(H2,77,78,79)/t30-,41+,45-,46-,47+,48+,50+/m1/s1. The molecule has 4 aliphatic heterocycles. The summed E-state index contributed by atoms with van der Waals surface area (Å²) in [5.74, 6) is -4.28. The van der Waals surface area contributed by atoms with Gasteiger partial charge in [-0.25, -0.2) is 46.1 Å². The van der Waals surface area contributed by atoms with Gasteiger partial charge in [-0.15, -0.1) is 0 Å². The number of phosphoric ester groups is 1. The van der Waals surface area contributed by atoms with Crippen molar-refractivity contribution >= 4 is 65.3 Å². The van der Waals surface area contributed by atoms with Crippen molar-refractivity contribution in [2.75, 3.05) is 57.3 Å². The fourth-order valence-corrected chi connectivity index (χ4v) is 12.9. The molecule has 0 saturated carbocycles. The van der Waals surface area contributed by atoms with Crippen LogP contribution in [0.25, 0.3) is 22.1 Å². The van der Waals surface area contributed by atoms with Gasteiger partial charge in [-0.2, -0.15) is 0 Å². The lowest BCUT2D eigenvalue weighted by atomic mass is 9.89. The Balaban J connectivity index is 1.04. The zero-order valence-corrected chi connectivity index (χ0v) is 47.7. The molecular weight excluding hydrogens is 1130 g/mol. The van der Waals surface area contributed by atoms with Crippen molar-refractivity contribution in [3.8, 4) is 0 Å². The smallest absolute Gasteiger partial charge is 0.453 e. The maximum Gasteiger partial charge on any atom is 0.471 e. The Labute approximate surface area is 480 Å². The molecule has 6 heterocycles. The fourth-order valence-electron chi connectivity index (χ4n) is 12.6. The number of hydrogen-bond donors (Lipinski definition) is 5. The second kappa shape index (κ2) is 24.7. The van der Waals surface area contributed by atoms with E-state index in [1.54, 1.807) is 40.7 Å². The minimum Gasteiger partial charge on any atom is -0.453 e. The van der Waals surface area contributed by atoms with Crippen LogP contribution >= 0.6 is 7.82 Å². The molecule has 4 amide bonds. The largest absolute Gasteiger partial charge is 0.471 e. The van der Waals surface area contributed by atoms with E-state index in [9.17, 15) is 37.9 Å². The van der Waals surface area contributed by atoms with E-state index in [2.05, 4.69) is 15.6 Å². The number of rotatable bonds is 17. The lowest BCUT2D eigenvalue weighted by Gasteiger charge is -2.36. The summed E-state index contributed by atoms with van der Waals surface area (Å²) in [6.45, 7) is 3.57. The molecule has 27 heteroatoms. The molecule has 0 radical (unpaired) electrons. The number of likely N-dealkylation sites (tertiary alicyclic amines) is 2. The maximum absolute atomic E-state index is 17.4. The summed E-state index contributed by atoms with van der Waals surface area (Å²) >= 11 is 0. The van der Waals surface area contributed by atoms with Crippen LogP contribution in [0.3, 0.4) is 0 Å². The summed E-state index contributed by atoms with van der Waals surface area (Å²) in [6.07, 6.45) is 0.889. The predicted octanol–water partition coefficient (Wildman–Crippen LogP) is 9.36. The molecule has 0 spiro atoms. The lowest BCUT2D eigenvalue weighted by Crippen LogP contribution is -2.54. The fraction of sp³-hybridized carbons (Fsp3) is 0.474. The summed E-state index contributed by atoms with van der Waals surface area (Å²) in [6, 6.07) is 8.07. The summed E-state index contributed by atoms with van der Waals surface area (Å²) < 4.78 is 116. The molecule has 4 saturated heterocycles. The second-order valence-corrected chi connectivity index (χ2v) is 22.9. The Kier molecular flexibility index (Phi) is 17.6. The Morgan fingerprint density at radius 2 is 1.31 bits per heavy atom. The Morgan fingerprint density at radius 1 is 0.714 bits per heavy atom. The van der Waals surface area contributed by atoms with Gasteiger partial charge >= 0.3 is 20.0 Å². The number of carbonyl (C=O) groups is 4. The normalized spacial score (nSPS) is 20.7. The number of fused-ring (bicyclic) bond motifs is 2. The van der Waals surface area contributed by atoms with E-state index in [0.29, 0.717) is 55.5 Å². The number of amides is 4. The van der Waals surface area contributed by atoms with Gasteiger partial charge in [-0.1, -0.05) is 19.1 Å². The number of aromatic nitrogens is 4. The summed E-state index contributed by atoms with van der Waals surface area (Å²) in [4.78, 5) is 91.6. The van der Waals surface area contributed by atoms with Crippen LogP contribution in [0.2, 0.25) is 0 Å². The first-order valence-electron chi connectivity index (χ1n) is 27.9. The highest BCUT2D eigenvalue weighted by atomic mass is 31.2. The molecule has 84 heavy (non-hydrogen) atoms. The van der Waals surface area contributed by atoms with Crippen LogP contribution in [0, 0.1) is 29.1 Å². The number of aromatic amines is 1. The van der Waals surface area contributed by atoms with Crippen LogP contribution < -0.4 is 20.4 Å². The molecule has 0 bridgehead atoms. The highest BCUT2D eigenvalue weighted by Crippen LogP contribution is 2.51. The van der Waals surface area contributed by atoms with Gasteiger partial charge in [0.05, 0.1) is 66.6 Å². The van der Waals surface area contributed by atoms with Crippen molar-refractivity contribution in [1.82, 2.24) is 40.0 Å². The number of carbonyl (C=O) groups excluding carboxylic acids is 4. The number of ether oxygens (including phenoxy) is 3. The number of methoxy groups -OCH3 is 3. The first kappa shape index (κ1) is 59.8. The summed E-state index contributed by atoms with van der Waals surface area (Å²) in [5.41, 5.74) is 1.34. The third kappa shape index (κ3) is 12.0. The van der Waals surface area contributed by atoms with Gasteiger partial charge in [0.15, 0.2) is 11.6 Å². The Bertz CT molecular complexity index is 3480. The summed E-state index contributed by atoms with van der Waals surface area (Å²) in [7, 11) is -1.49. The van der Waals surface area contributed by atoms with E-state index in [1.165, 1.54) is 54.0 Å². The van der Waals surface area contributed by atoms with Crippen LogP contribution in [-0.4, -0.2) is 129 Å². The van der Waals surface area contributed by atoms with E-state index >= 15 is 17.6 Å². The third-order valence-electron chi connectivity index (χ3n) is 16.9. The zero-order chi connectivity index (χ0) is 59.9. The minimum absolute atomic E-state index is 0.0116. The highest BCUT2D eigenvalue weighted by molar-refractivity contribution is 7.46. The molecule has 0 unspecified atom stereocenters. The number of phosphoric acid groups is 1. The molecule has 0 aliphatic carbocycles. The number of anilines is 2. The molecule has 4 aromatic carbocycles. The van der Waals surface area contributed by atoms with Gasteiger partial charge in [0.1, 0.15) is 53.6 Å². The minimum atomic E-state index is -5.17. The van der Waals surface area contributed by atoms with Crippen molar-refractivity contribution in [2.24, 2.45) is 0 Å². The van der Waals surface area contributed by atoms with Crippen LogP contribution in [0.4, 0.5) is 42.9 Å². The van der Waals surface area contributed by atoms with E-state index in [4.69, 9.17) is 28.7 Å². The number of imidazole rings is 2. The van der Waals surface area contributed by atoms with Crippen LogP contribution in [0.15, 0.2) is 60.7 Å².